The van der Waals surface area contributed by atoms with Crippen molar-refractivity contribution in [3.05, 3.63) is 0 Å². The maximum atomic E-state index is 12.2. The smallest absolute Gasteiger partial charge is 0.237 e. The third kappa shape index (κ3) is 4.16. The molecule has 1 atom stereocenters. The first-order valence-corrected chi connectivity index (χ1v) is 7.65. The van der Waals surface area contributed by atoms with Gasteiger partial charge in [0.25, 0.3) is 0 Å². The van der Waals surface area contributed by atoms with Crippen molar-refractivity contribution in [1.82, 2.24) is 15.5 Å². The van der Waals surface area contributed by atoms with E-state index in [0.717, 1.165) is 32.5 Å². The minimum absolute atomic E-state index is 0.0877. The summed E-state index contributed by atoms with van der Waals surface area (Å²) in [5.74, 6) is 0.190. The van der Waals surface area contributed by atoms with Crippen molar-refractivity contribution >= 4 is 5.91 Å². The predicted octanol–water partition coefficient (Wildman–Crippen LogP) is 0.356. The van der Waals surface area contributed by atoms with Gasteiger partial charge in [-0.05, 0) is 52.2 Å². The topological polar surface area (TPSA) is 53.6 Å². The SMILES string of the molecule is CCOCCNC(=O)C1CCCN1C1CCNCC1. The number of ether oxygens (including phenoxy) is 1. The van der Waals surface area contributed by atoms with Gasteiger partial charge in [-0.25, -0.2) is 0 Å². The molecule has 0 aromatic carbocycles. The van der Waals surface area contributed by atoms with Crippen molar-refractivity contribution in [3.63, 3.8) is 0 Å². The van der Waals surface area contributed by atoms with Gasteiger partial charge in [-0.1, -0.05) is 0 Å². The lowest BCUT2D eigenvalue weighted by Crippen LogP contribution is -2.51. The third-order valence-electron chi connectivity index (χ3n) is 4.12. The van der Waals surface area contributed by atoms with Crippen LogP contribution in [0.5, 0.6) is 0 Å². The second kappa shape index (κ2) is 7.82. The molecule has 2 heterocycles. The number of rotatable bonds is 6. The molecule has 5 heteroatoms. The highest BCUT2D eigenvalue weighted by atomic mass is 16.5. The highest BCUT2D eigenvalue weighted by Gasteiger charge is 2.35. The minimum Gasteiger partial charge on any atom is -0.380 e. The quantitative estimate of drug-likeness (QED) is 0.684. The molecule has 2 saturated heterocycles. The van der Waals surface area contributed by atoms with Crippen LogP contribution in [-0.2, 0) is 9.53 Å². The Labute approximate surface area is 116 Å². The Bertz CT molecular complexity index is 280. The lowest BCUT2D eigenvalue weighted by atomic mass is 10.0. The van der Waals surface area contributed by atoms with Crippen LogP contribution in [0.3, 0.4) is 0 Å². The van der Waals surface area contributed by atoms with Gasteiger partial charge in [0, 0.05) is 19.2 Å². The highest BCUT2D eigenvalue weighted by Crippen LogP contribution is 2.24. The Morgan fingerprint density at radius 2 is 2.16 bits per heavy atom. The first-order chi connectivity index (χ1) is 9.33. The van der Waals surface area contributed by atoms with Crippen molar-refractivity contribution in [2.45, 2.75) is 44.7 Å². The second-order valence-corrected chi connectivity index (χ2v) is 5.36. The van der Waals surface area contributed by atoms with Crippen LogP contribution in [0, 0.1) is 0 Å². The molecule has 1 unspecified atom stereocenters. The zero-order valence-electron chi connectivity index (χ0n) is 12.0. The fraction of sp³-hybridized carbons (Fsp3) is 0.929. The molecule has 19 heavy (non-hydrogen) atoms. The van der Waals surface area contributed by atoms with Gasteiger partial charge in [0.1, 0.15) is 0 Å². The zero-order chi connectivity index (χ0) is 13.5. The van der Waals surface area contributed by atoms with Crippen molar-refractivity contribution in [1.29, 1.82) is 0 Å². The molecular formula is C14H27N3O2. The van der Waals surface area contributed by atoms with Crippen molar-refractivity contribution in [3.8, 4) is 0 Å². The molecule has 2 rings (SSSR count). The summed E-state index contributed by atoms with van der Waals surface area (Å²) in [6.07, 6.45) is 4.49. The first-order valence-electron chi connectivity index (χ1n) is 7.65. The van der Waals surface area contributed by atoms with E-state index in [9.17, 15) is 4.79 Å². The number of hydrogen-bond acceptors (Lipinski definition) is 4. The average molecular weight is 269 g/mol. The average Bonchev–Trinajstić information content (AvgIpc) is 2.94. The lowest BCUT2D eigenvalue weighted by molar-refractivity contribution is -0.126. The Hall–Kier alpha value is -0.650. The number of hydrogen-bond donors (Lipinski definition) is 2. The summed E-state index contributed by atoms with van der Waals surface area (Å²) >= 11 is 0. The van der Waals surface area contributed by atoms with E-state index in [2.05, 4.69) is 15.5 Å². The normalized spacial score (nSPS) is 25.6. The van der Waals surface area contributed by atoms with Crippen LogP contribution >= 0.6 is 0 Å². The van der Waals surface area contributed by atoms with Crippen molar-refractivity contribution in [2.75, 3.05) is 39.4 Å². The van der Waals surface area contributed by atoms with Crippen molar-refractivity contribution < 1.29 is 9.53 Å². The molecule has 5 nitrogen and oxygen atoms in total. The summed E-state index contributed by atoms with van der Waals surface area (Å²) in [4.78, 5) is 14.7. The number of carbonyl (C=O) groups excluding carboxylic acids is 1. The van der Waals surface area contributed by atoms with Crippen LogP contribution in [0.15, 0.2) is 0 Å². The molecule has 0 aromatic heterocycles. The van der Waals surface area contributed by atoms with Gasteiger partial charge in [0.05, 0.1) is 12.6 Å². The van der Waals surface area contributed by atoms with Gasteiger partial charge in [-0.3, -0.25) is 9.69 Å². The lowest BCUT2D eigenvalue weighted by Gasteiger charge is -2.35. The van der Waals surface area contributed by atoms with Gasteiger partial charge < -0.3 is 15.4 Å². The van der Waals surface area contributed by atoms with Crippen LogP contribution in [0.4, 0.5) is 0 Å². The zero-order valence-corrected chi connectivity index (χ0v) is 12.0. The molecule has 0 aliphatic carbocycles. The molecule has 2 aliphatic heterocycles. The van der Waals surface area contributed by atoms with E-state index in [1.807, 2.05) is 6.92 Å². The van der Waals surface area contributed by atoms with E-state index in [1.54, 1.807) is 0 Å². The summed E-state index contributed by atoms with van der Waals surface area (Å²) in [6.45, 7) is 7.16. The largest absolute Gasteiger partial charge is 0.380 e. The molecule has 0 bridgehead atoms. The van der Waals surface area contributed by atoms with Gasteiger partial charge in [-0.15, -0.1) is 0 Å². The standard InChI is InChI=1S/C14H27N3O2/c1-2-19-11-9-16-14(18)13-4-3-10-17(13)12-5-7-15-8-6-12/h12-13,15H,2-11H2,1H3,(H,16,18). The Kier molecular flexibility index (Phi) is 6.07. The van der Waals surface area contributed by atoms with E-state index in [0.29, 0.717) is 25.8 Å². The number of amides is 1. The summed E-state index contributed by atoms with van der Waals surface area (Å²) in [7, 11) is 0. The number of nitrogens with one attached hydrogen (secondary N) is 2. The fourth-order valence-electron chi connectivity index (χ4n) is 3.15. The Morgan fingerprint density at radius 3 is 2.89 bits per heavy atom. The van der Waals surface area contributed by atoms with E-state index >= 15 is 0 Å². The highest BCUT2D eigenvalue weighted by molar-refractivity contribution is 5.82. The molecular weight excluding hydrogens is 242 g/mol. The third-order valence-corrected chi connectivity index (χ3v) is 4.12. The minimum atomic E-state index is 0.0877. The van der Waals surface area contributed by atoms with Gasteiger partial charge >= 0.3 is 0 Å². The molecule has 1 amide bonds. The first kappa shape index (κ1) is 14.8. The molecule has 2 fully saturated rings. The van der Waals surface area contributed by atoms with Crippen LogP contribution < -0.4 is 10.6 Å². The maximum Gasteiger partial charge on any atom is 0.237 e. The number of piperidine rings is 1. The monoisotopic (exact) mass is 269 g/mol. The number of likely N-dealkylation sites (tertiary alicyclic amines) is 1. The van der Waals surface area contributed by atoms with Crippen LogP contribution in [0.2, 0.25) is 0 Å². The summed E-state index contributed by atoms with van der Waals surface area (Å²) in [5, 5.41) is 6.39. The second-order valence-electron chi connectivity index (χ2n) is 5.36. The molecule has 0 radical (unpaired) electrons. The van der Waals surface area contributed by atoms with E-state index in [1.165, 1.54) is 12.8 Å². The van der Waals surface area contributed by atoms with Crippen LogP contribution in [-0.4, -0.2) is 62.3 Å². The molecule has 2 aliphatic rings. The Morgan fingerprint density at radius 1 is 1.37 bits per heavy atom. The summed E-state index contributed by atoms with van der Waals surface area (Å²) in [5.41, 5.74) is 0. The fourth-order valence-corrected chi connectivity index (χ4v) is 3.15. The van der Waals surface area contributed by atoms with E-state index in [-0.39, 0.29) is 11.9 Å². The Balaban J connectivity index is 1.78. The molecule has 2 N–H and O–H groups in total. The molecule has 0 aromatic rings. The molecule has 0 saturated carbocycles. The van der Waals surface area contributed by atoms with Crippen LogP contribution in [0.1, 0.15) is 32.6 Å². The van der Waals surface area contributed by atoms with E-state index in [4.69, 9.17) is 4.74 Å². The van der Waals surface area contributed by atoms with Gasteiger partial charge in [0.2, 0.25) is 5.91 Å². The summed E-state index contributed by atoms with van der Waals surface area (Å²) in [6, 6.07) is 0.677. The van der Waals surface area contributed by atoms with Gasteiger partial charge in [0.15, 0.2) is 0 Å². The molecule has 110 valence electrons. The van der Waals surface area contributed by atoms with Gasteiger partial charge in [-0.2, -0.15) is 0 Å². The predicted molar refractivity (Wildman–Crippen MR) is 75.1 cm³/mol. The molecule has 0 spiro atoms. The number of nitrogens with zero attached hydrogens (tertiary/aromatic N) is 1. The van der Waals surface area contributed by atoms with Crippen LogP contribution in [0.25, 0.3) is 0 Å². The van der Waals surface area contributed by atoms with E-state index < -0.39 is 0 Å². The maximum absolute atomic E-state index is 12.2. The summed E-state index contributed by atoms with van der Waals surface area (Å²) < 4.78 is 5.25. The van der Waals surface area contributed by atoms with Crippen molar-refractivity contribution in [2.24, 2.45) is 0 Å². The number of carbonyl (C=O) groups is 1.